The Labute approximate surface area is 112 Å². The smallest absolute Gasteiger partial charge is 0.294 e. The van der Waals surface area contributed by atoms with E-state index >= 15 is 0 Å². The van der Waals surface area contributed by atoms with Crippen LogP contribution < -0.4 is 10.6 Å². The minimum atomic E-state index is -0.369. The number of nitrogens with zero attached hydrogens (tertiary/aromatic N) is 2. The number of methoxy groups -OCH3 is 1. The number of hydrogen-bond acceptors (Lipinski definition) is 5. The van der Waals surface area contributed by atoms with E-state index in [4.69, 9.17) is 10.5 Å². The molecule has 6 nitrogen and oxygen atoms in total. The molecule has 1 aromatic carbocycles. The van der Waals surface area contributed by atoms with E-state index in [1.165, 1.54) is 6.07 Å². The van der Waals surface area contributed by atoms with Crippen LogP contribution in [-0.2, 0) is 4.74 Å². The lowest BCUT2D eigenvalue weighted by Gasteiger charge is -2.33. The van der Waals surface area contributed by atoms with Gasteiger partial charge in [0.1, 0.15) is 5.69 Å². The maximum Gasteiger partial charge on any atom is 0.294 e. The third-order valence-electron chi connectivity index (χ3n) is 3.46. The molecule has 2 rings (SSSR count). The summed E-state index contributed by atoms with van der Waals surface area (Å²) in [6, 6.07) is 4.88. The number of piperidine rings is 1. The fourth-order valence-corrected chi connectivity index (χ4v) is 2.61. The highest BCUT2D eigenvalue weighted by atomic mass is 16.6. The molecule has 0 saturated carbocycles. The maximum atomic E-state index is 11.1. The summed E-state index contributed by atoms with van der Waals surface area (Å²) in [6.45, 7) is 2.32. The van der Waals surface area contributed by atoms with Gasteiger partial charge >= 0.3 is 0 Å². The first kappa shape index (κ1) is 13.6. The number of rotatable bonds is 4. The highest BCUT2D eigenvalue weighted by Crippen LogP contribution is 2.33. The van der Waals surface area contributed by atoms with Crippen LogP contribution in [0.3, 0.4) is 0 Å². The third kappa shape index (κ3) is 3.14. The maximum absolute atomic E-state index is 11.1. The monoisotopic (exact) mass is 265 g/mol. The van der Waals surface area contributed by atoms with Crippen LogP contribution in [0.15, 0.2) is 18.2 Å². The molecule has 1 heterocycles. The molecule has 1 aromatic rings. The number of nitrogen functional groups attached to an aromatic ring is 1. The zero-order chi connectivity index (χ0) is 13.8. The van der Waals surface area contributed by atoms with E-state index in [0.717, 1.165) is 25.9 Å². The Hall–Kier alpha value is -1.82. The summed E-state index contributed by atoms with van der Waals surface area (Å²) in [5, 5.41) is 11.1. The van der Waals surface area contributed by atoms with Crippen LogP contribution in [0.2, 0.25) is 0 Å². The highest BCUT2D eigenvalue weighted by molar-refractivity contribution is 5.68. The lowest BCUT2D eigenvalue weighted by atomic mass is 9.98. The van der Waals surface area contributed by atoms with Gasteiger partial charge in [0.15, 0.2) is 0 Å². The lowest BCUT2D eigenvalue weighted by Crippen LogP contribution is -2.37. The van der Waals surface area contributed by atoms with Gasteiger partial charge in [0.25, 0.3) is 5.69 Å². The number of nitrogens with two attached hydrogens (primary N) is 1. The Morgan fingerprint density at radius 1 is 1.58 bits per heavy atom. The van der Waals surface area contributed by atoms with Gasteiger partial charge in [-0.25, -0.2) is 0 Å². The van der Waals surface area contributed by atoms with Crippen LogP contribution in [0.5, 0.6) is 0 Å². The van der Waals surface area contributed by atoms with E-state index in [1.807, 2.05) is 0 Å². The second-order valence-electron chi connectivity index (χ2n) is 4.91. The van der Waals surface area contributed by atoms with E-state index in [0.29, 0.717) is 23.9 Å². The Morgan fingerprint density at radius 3 is 3.05 bits per heavy atom. The van der Waals surface area contributed by atoms with Crippen molar-refractivity contribution in [2.24, 2.45) is 5.92 Å². The first-order valence-electron chi connectivity index (χ1n) is 6.39. The first-order chi connectivity index (χ1) is 9.11. The zero-order valence-electron chi connectivity index (χ0n) is 11.0. The summed E-state index contributed by atoms with van der Waals surface area (Å²) >= 11 is 0. The summed E-state index contributed by atoms with van der Waals surface area (Å²) < 4.78 is 5.18. The molecule has 0 aromatic heterocycles. The molecule has 0 spiro atoms. The minimum absolute atomic E-state index is 0.0815. The summed E-state index contributed by atoms with van der Waals surface area (Å²) in [5.41, 5.74) is 6.78. The lowest BCUT2D eigenvalue weighted by molar-refractivity contribution is -0.384. The van der Waals surface area contributed by atoms with E-state index in [9.17, 15) is 10.1 Å². The van der Waals surface area contributed by atoms with Crippen molar-refractivity contribution >= 4 is 17.1 Å². The average Bonchev–Trinajstić information content (AvgIpc) is 2.39. The average molecular weight is 265 g/mol. The number of nitro groups is 1. The molecule has 19 heavy (non-hydrogen) atoms. The molecule has 6 heteroatoms. The molecule has 1 unspecified atom stereocenters. The molecule has 0 amide bonds. The minimum Gasteiger partial charge on any atom is -0.399 e. The van der Waals surface area contributed by atoms with Gasteiger partial charge in [-0.1, -0.05) is 0 Å². The Morgan fingerprint density at radius 2 is 2.37 bits per heavy atom. The van der Waals surface area contributed by atoms with Gasteiger partial charge in [-0.15, -0.1) is 0 Å². The zero-order valence-corrected chi connectivity index (χ0v) is 11.0. The SMILES string of the molecule is COCC1CCCN(c2ccc(N)cc2[N+](=O)[O-])C1. The van der Waals surface area contributed by atoms with Crippen molar-refractivity contribution in [3.63, 3.8) is 0 Å². The normalized spacial score (nSPS) is 19.4. The van der Waals surface area contributed by atoms with Gasteiger partial charge in [-0.05, 0) is 30.9 Å². The fraction of sp³-hybridized carbons (Fsp3) is 0.538. The quantitative estimate of drug-likeness (QED) is 0.512. The van der Waals surface area contributed by atoms with Gasteiger partial charge in [0.05, 0.1) is 11.5 Å². The van der Waals surface area contributed by atoms with Crippen molar-refractivity contribution in [3.8, 4) is 0 Å². The predicted molar refractivity (Wildman–Crippen MR) is 74.3 cm³/mol. The van der Waals surface area contributed by atoms with Crippen molar-refractivity contribution in [1.82, 2.24) is 0 Å². The van der Waals surface area contributed by atoms with Crippen LogP contribution in [0.4, 0.5) is 17.1 Å². The van der Waals surface area contributed by atoms with Crippen molar-refractivity contribution in [2.75, 3.05) is 37.4 Å². The molecular formula is C13H19N3O3. The second kappa shape index (κ2) is 5.88. The summed E-state index contributed by atoms with van der Waals surface area (Å²) in [6.07, 6.45) is 2.13. The number of anilines is 2. The Balaban J connectivity index is 2.23. The third-order valence-corrected chi connectivity index (χ3v) is 3.46. The summed E-state index contributed by atoms with van der Waals surface area (Å²) in [7, 11) is 1.69. The topological polar surface area (TPSA) is 81.6 Å². The molecule has 0 radical (unpaired) electrons. The first-order valence-corrected chi connectivity index (χ1v) is 6.39. The molecule has 1 fully saturated rings. The predicted octanol–water partition coefficient (Wildman–Crippen LogP) is 2.04. The molecule has 1 saturated heterocycles. The van der Waals surface area contributed by atoms with Gasteiger partial charge < -0.3 is 15.4 Å². The number of benzene rings is 1. The van der Waals surface area contributed by atoms with Crippen molar-refractivity contribution < 1.29 is 9.66 Å². The molecular weight excluding hydrogens is 246 g/mol. The van der Waals surface area contributed by atoms with E-state index < -0.39 is 0 Å². The fourth-order valence-electron chi connectivity index (χ4n) is 2.61. The van der Waals surface area contributed by atoms with Crippen LogP contribution in [-0.4, -0.2) is 31.7 Å². The molecule has 1 aliphatic rings. The van der Waals surface area contributed by atoms with Crippen LogP contribution in [0.25, 0.3) is 0 Å². The Kier molecular flexibility index (Phi) is 4.21. The van der Waals surface area contributed by atoms with E-state index in [1.54, 1.807) is 19.2 Å². The number of hydrogen-bond donors (Lipinski definition) is 1. The van der Waals surface area contributed by atoms with Gasteiger partial charge in [0, 0.05) is 32.0 Å². The van der Waals surface area contributed by atoms with E-state index in [-0.39, 0.29) is 10.6 Å². The van der Waals surface area contributed by atoms with Gasteiger partial charge in [0.2, 0.25) is 0 Å². The molecule has 1 aliphatic heterocycles. The standard InChI is InChI=1S/C13H19N3O3/c1-19-9-10-3-2-6-15(8-10)12-5-4-11(14)7-13(12)16(17)18/h4-5,7,10H,2-3,6,8-9,14H2,1H3. The van der Waals surface area contributed by atoms with Crippen LogP contribution in [0, 0.1) is 16.0 Å². The number of nitro benzene ring substituents is 1. The van der Waals surface area contributed by atoms with Crippen LogP contribution in [0.1, 0.15) is 12.8 Å². The highest BCUT2D eigenvalue weighted by Gasteiger charge is 2.25. The van der Waals surface area contributed by atoms with Crippen molar-refractivity contribution in [2.45, 2.75) is 12.8 Å². The Bertz CT molecular complexity index is 462. The van der Waals surface area contributed by atoms with Crippen LogP contribution >= 0.6 is 0 Å². The molecule has 0 aliphatic carbocycles. The largest absolute Gasteiger partial charge is 0.399 e. The number of ether oxygens (including phenoxy) is 1. The summed E-state index contributed by atoms with van der Waals surface area (Å²) in [5.74, 6) is 0.427. The van der Waals surface area contributed by atoms with Crippen molar-refractivity contribution in [3.05, 3.63) is 28.3 Å². The second-order valence-corrected chi connectivity index (χ2v) is 4.91. The van der Waals surface area contributed by atoms with E-state index in [2.05, 4.69) is 4.90 Å². The molecule has 0 bridgehead atoms. The summed E-state index contributed by atoms with van der Waals surface area (Å²) in [4.78, 5) is 12.8. The molecule has 104 valence electrons. The van der Waals surface area contributed by atoms with Gasteiger partial charge in [-0.2, -0.15) is 0 Å². The molecule has 1 atom stereocenters. The van der Waals surface area contributed by atoms with Gasteiger partial charge in [-0.3, -0.25) is 10.1 Å². The molecule has 2 N–H and O–H groups in total. The van der Waals surface area contributed by atoms with Crippen molar-refractivity contribution in [1.29, 1.82) is 0 Å².